The van der Waals surface area contributed by atoms with E-state index in [0.717, 1.165) is 5.06 Å². The van der Waals surface area contributed by atoms with E-state index in [0.29, 0.717) is 12.8 Å². The maximum Gasteiger partial charge on any atom is 0.173 e. The van der Waals surface area contributed by atoms with Crippen molar-refractivity contribution < 1.29 is 10.0 Å². The van der Waals surface area contributed by atoms with Gasteiger partial charge in [0.15, 0.2) is 5.78 Å². The molecule has 1 unspecified atom stereocenters. The van der Waals surface area contributed by atoms with E-state index in [1.165, 1.54) is 0 Å². The van der Waals surface area contributed by atoms with Gasteiger partial charge in [-0.1, -0.05) is 0 Å². The minimum absolute atomic E-state index is 0.0949. The number of ketones is 1. The summed E-state index contributed by atoms with van der Waals surface area (Å²) in [6, 6.07) is 1.89. The van der Waals surface area contributed by atoms with Gasteiger partial charge in [-0.25, -0.2) is 0 Å². The lowest BCUT2D eigenvalue weighted by molar-refractivity contribution is -0.139. The highest BCUT2D eigenvalue weighted by atomic mass is 16.5. The van der Waals surface area contributed by atoms with Crippen LogP contribution < -0.4 is 0 Å². The summed E-state index contributed by atoms with van der Waals surface area (Å²) in [7, 11) is 0. The van der Waals surface area contributed by atoms with E-state index in [2.05, 4.69) is 0 Å². The topological polar surface area (TPSA) is 64.3 Å². The summed E-state index contributed by atoms with van der Waals surface area (Å²) < 4.78 is 0. The molecule has 1 aliphatic carbocycles. The Morgan fingerprint density at radius 2 is 2.36 bits per heavy atom. The standard InChI is InChI=1S/C7H8N2O2/c8-3-5-4-9(11)7(1-2-7)6(5)10/h5,11H,1-2,4H2. The fraction of sp³-hybridized carbons (Fsp3) is 0.714. The number of carbonyl (C=O) groups is 1. The van der Waals surface area contributed by atoms with Crippen molar-refractivity contribution in [2.75, 3.05) is 6.54 Å². The Balaban J connectivity index is 2.28. The van der Waals surface area contributed by atoms with E-state index >= 15 is 0 Å². The molecule has 0 aromatic rings. The van der Waals surface area contributed by atoms with Gasteiger partial charge in [0.1, 0.15) is 11.5 Å². The van der Waals surface area contributed by atoms with Crippen LogP contribution >= 0.6 is 0 Å². The predicted octanol–water partition coefficient (Wildman–Crippen LogP) is -0.0673. The first-order chi connectivity index (χ1) is 5.20. The molecule has 1 saturated carbocycles. The van der Waals surface area contributed by atoms with Crippen molar-refractivity contribution in [3.63, 3.8) is 0 Å². The van der Waals surface area contributed by atoms with Crippen LogP contribution in [-0.2, 0) is 4.79 Å². The molecule has 1 N–H and O–H groups in total. The largest absolute Gasteiger partial charge is 0.313 e. The molecule has 2 aliphatic rings. The molecule has 0 aromatic heterocycles. The molecule has 1 atom stereocenters. The highest BCUT2D eigenvalue weighted by molar-refractivity contribution is 5.96. The van der Waals surface area contributed by atoms with E-state index in [9.17, 15) is 10.0 Å². The number of rotatable bonds is 0. The van der Waals surface area contributed by atoms with Crippen molar-refractivity contribution >= 4 is 5.78 Å². The normalized spacial score (nSPS) is 34.2. The van der Waals surface area contributed by atoms with Crippen molar-refractivity contribution in [2.45, 2.75) is 18.4 Å². The highest BCUT2D eigenvalue weighted by Crippen LogP contribution is 2.47. The van der Waals surface area contributed by atoms with Gasteiger partial charge in [0.2, 0.25) is 0 Å². The summed E-state index contributed by atoms with van der Waals surface area (Å²) in [5.41, 5.74) is -0.638. The Kier molecular flexibility index (Phi) is 1.12. The molecule has 58 valence electrons. The number of Topliss-reactive ketones (excluding diaryl/α,β-unsaturated/α-hetero) is 1. The zero-order chi connectivity index (χ0) is 8.06. The number of hydrogen-bond acceptors (Lipinski definition) is 4. The third kappa shape index (κ3) is 0.669. The first-order valence-electron chi connectivity index (χ1n) is 3.61. The van der Waals surface area contributed by atoms with E-state index in [4.69, 9.17) is 5.26 Å². The summed E-state index contributed by atoms with van der Waals surface area (Å²) in [5.74, 6) is -0.704. The second kappa shape index (κ2) is 1.81. The molecule has 1 spiro atoms. The van der Waals surface area contributed by atoms with Crippen molar-refractivity contribution in [1.29, 1.82) is 5.26 Å². The van der Waals surface area contributed by atoms with Crippen LogP contribution in [0.3, 0.4) is 0 Å². The van der Waals surface area contributed by atoms with Crippen molar-refractivity contribution in [3.05, 3.63) is 0 Å². The molecule has 0 aromatic carbocycles. The van der Waals surface area contributed by atoms with Gasteiger partial charge in [-0.3, -0.25) is 4.79 Å². The average molecular weight is 152 g/mol. The van der Waals surface area contributed by atoms with Gasteiger partial charge < -0.3 is 5.21 Å². The van der Waals surface area contributed by atoms with Crippen LogP contribution in [0.4, 0.5) is 0 Å². The van der Waals surface area contributed by atoms with Gasteiger partial charge in [0, 0.05) is 6.54 Å². The molecule has 2 fully saturated rings. The van der Waals surface area contributed by atoms with Gasteiger partial charge in [-0.05, 0) is 12.8 Å². The minimum atomic E-state index is -0.638. The first kappa shape index (κ1) is 6.77. The maximum absolute atomic E-state index is 11.3. The molecule has 0 radical (unpaired) electrons. The van der Waals surface area contributed by atoms with Crippen LogP contribution in [0.2, 0.25) is 0 Å². The third-order valence-corrected chi connectivity index (χ3v) is 2.50. The van der Waals surface area contributed by atoms with E-state index < -0.39 is 11.5 Å². The lowest BCUT2D eigenvalue weighted by Crippen LogP contribution is -2.32. The van der Waals surface area contributed by atoms with Gasteiger partial charge in [-0.15, -0.1) is 0 Å². The molecule has 0 amide bonds. The molecule has 1 heterocycles. The molecule has 4 nitrogen and oxygen atoms in total. The minimum Gasteiger partial charge on any atom is -0.313 e. The summed E-state index contributed by atoms with van der Waals surface area (Å²) in [4.78, 5) is 11.3. The van der Waals surface area contributed by atoms with E-state index in [1.807, 2.05) is 6.07 Å². The molecular weight excluding hydrogens is 144 g/mol. The second-order valence-corrected chi connectivity index (χ2v) is 3.16. The average Bonchev–Trinajstić information content (AvgIpc) is 2.74. The van der Waals surface area contributed by atoms with Crippen molar-refractivity contribution in [1.82, 2.24) is 5.06 Å². The Morgan fingerprint density at radius 3 is 2.64 bits per heavy atom. The third-order valence-electron chi connectivity index (χ3n) is 2.50. The Hall–Kier alpha value is -0.920. The molecular formula is C7H8N2O2. The second-order valence-electron chi connectivity index (χ2n) is 3.16. The predicted molar refractivity (Wildman–Crippen MR) is 34.6 cm³/mol. The van der Waals surface area contributed by atoms with Gasteiger partial charge >= 0.3 is 0 Å². The van der Waals surface area contributed by atoms with Crippen LogP contribution in [0.1, 0.15) is 12.8 Å². The summed E-state index contributed by atoms with van der Waals surface area (Å²) in [5, 5.41) is 18.8. The number of hydrogen-bond donors (Lipinski definition) is 1. The summed E-state index contributed by atoms with van der Waals surface area (Å²) in [6.07, 6.45) is 1.42. The van der Waals surface area contributed by atoms with Crippen LogP contribution in [-0.4, -0.2) is 28.1 Å². The van der Waals surface area contributed by atoms with Crippen LogP contribution in [0, 0.1) is 17.2 Å². The van der Waals surface area contributed by atoms with Gasteiger partial charge in [0.05, 0.1) is 6.07 Å². The van der Waals surface area contributed by atoms with E-state index in [-0.39, 0.29) is 12.3 Å². The highest BCUT2D eigenvalue weighted by Gasteiger charge is 2.61. The monoisotopic (exact) mass is 152 g/mol. The summed E-state index contributed by atoms with van der Waals surface area (Å²) >= 11 is 0. The lowest BCUT2D eigenvalue weighted by Gasteiger charge is -2.12. The summed E-state index contributed by atoms with van der Waals surface area (Å²) in [6.45, 7) is 0.190. The number of nitriles is 1. The molecule has 4 heteroatoms. The lowest BCUT2D eigenvalue weighted by atomic mass is 10.0. The molecule has 1 saturated heterocycles. The molecule has 1 aliphatic heterocycles. The quantitative estimate of drug-likeness (QED) is 0.527. The van der Waals surface area contributed by atoms with Crippen LogP contribution in [0.15, 0.2) is 0 Å². The molecule has 2 rings (SSSR count). The first-order valence-corrected chi connectivity index (χ1v) is 3.61. The van der Waals surface area contributed by atoms with Crippen molar-refractivity contribution in [2.24, 2.45) is 5.92 Å². The van der Waals surface area contributed by atoms with Gasteiger partial charge in [-0.2, -0.15) is 10.3 Å². The smallest absolute Gasteiger partial charge is 0.173 e. The van der Waals surface area contributed by atoms with Crippen molar-refractivity contribution in [3.8, 4) is 6.07 Å². The SMILES string of the molecule is N#CC1CN(O)C2(CC2)C1=O. The zero-order valence-electron chi connectivity index (χ0n) is 5.95. The zero-order valence-corrected chi connectivity index (χ0v) is 5.95. The fourth-order valence-corrected chi connectivity index (χ4v) is 1.60. The number of hydroxylamine groups is 2. The maximum atomic E-state index is 11.3. The Morgan fingerprint density at radius 1 is 1.73 bits per heavy atom. The Bertz CT molecular complexity index is 252. The van der Waals surface area contributed by atoms with Crippen LogP contribution in [0.5, 0.6) is 0 Å². The van der Waals surface area contributed by atoms with E-state index in [1.54, 1.807) is 0 Å². The fourth-order valence-electron chi connectivity index (χ4n) is 1.60. The number of carbonyl (C=O) groups excluding carboxylic acids is 1. The number of nitrogens with zero attached hydrogens (tertiary/aromatic N) is 2. The Labute approximate surface area is 64.0 Å². The van der Waals surface area contributed by atoms with Gasteiger partial charge in [0.25, 0.3) is 0 Å². The van der Waals surface area contributed by atoms with Crippen LogP contribution in [0.25, 0.3) is 0 Å². The molecule has 11 heavy (non-hydrogen) atoms. The molecule has 0 bridgehead atoms.